The van der Waals surface area contributed by atoms with E-state index in [2.05, 4.69) is 10.3 Å². The maximum absolute atomic E-state index is 10.7. The van der Waals surface area contributed by atoms with E-state index in [1.54, 1.807) is 6.07 Å². The number of carbonyl (C=O) groups is 1. The van der Waals surface area contributed by atoms with Gasteiger partial charge in [0.15, 0.2) is 0 Å². The summed E-state index contributed by atoms with van der Waals surface area (Å²) in [4.78, 5) is 23.5. The summed E-state index contributed by atoms with van der Waals surface area (Å²) in [5.74, 6) is -0.707. The van der Waals surface area contributed by atoms with E-state index in [1.165, 1.54) is 12.3 Å². The molecule has 6 nitrogen and oxygen atoms in total. The van der Waals surface area contributed by atoms with Crippen molar-refractivity contribution >= 4 is 29.1 Å². The van der Waals surface area contributed by atoms with Crippen LogP contribution in [-0.2, 0) is 4.74 Å². The number of nitrogens with one attached hydrogen (secondary N) is 2. The number of pyridine rings is 1. The normalized spacial score (nSPS) is 17.1. The maximum Gasteiger partial charge on any atom is 0.260 e. The number of primary amides is 1. The fourth-order valence-corrected chi connectivity index (χ4v) is 2.61. The fraction of sp³-hybridized carbons (Fsp3) is 0.294. The van der Waals surface area contributed by atoms with Gasteiger partial charge in [0.25, 0.3) is 11.5 Å². The second kappa shape index (κ2) is 9.58. The Hall–Kier alpha value is -1.86. The summed E-state index contributed by atoms with van der Waals surface area (Å²) in [6.07, 6.45) is 2.54. The second-order valence-electron chi connectivity index (χ2n) is 5.35. The first-order valence-electron chi connectivity index (χ1n) is 7.74. The number of nitrogens with two attached hydrogens (primary N) is 1. The molecule has 0 saturated carbocycles. The van der Waals surface area contributed by atoms with Gasteiger partial charge in [-0.05, 0) is 42.8 Å². The number of aromatic amines is 1. The number of H-pyrrole nitrogens is 1. The van der Waals surface area contributed by atoms with E-state index in [-0.39, 0.29) is 11.7 Å². The van der Waals surface area contributed by atoms with Gasteiger partial charge in [-0.15, -0.1) is 0 Å². The summed E-state index contributed by atoms with van der Waals surface area (Å²) in [5, 5.41) is 4.47. The number of ether oxygens (including phenoxy) is 1. The van der Waals surface area contributed by atoms with Crippen molar-refractivity contribution in [3.8, 4) is 0 Å². The van der Waals surface area contributed by atoms with E-state index in [0.29, 0.717) is 10.0 Å². The van der Waals surface area contributed by atoms with Gasteiger partial charge in [-0.3, -0.25) is 9.59 Å². The van der Waals surface area contributed by atoms with Crippen molar-refractivity contribution in [3.05, 3.63) is 68.1 Å². The third-order valence-electron chi connectivity index (χ3n) is 3.58. The first-order chi connectivity index (χ1) is 12.0. The average molecular weight is 384 g/mol. The molecule has 1 saturated heterocycles. The lowest BCUT2D eigenvalue weighted by atomic mass is 10.1. The SMILES string of the molecule is Clc1ccc(C2CCNCCO2)cc1Cl.NC(=O)c1ccc[nH]c1=O. The number of carbonyl (C=O) groups excluding carboxylic acids is 1. The van der Waals surface area contributed by atoms with E-state index >= 15 is 0 Å². The molecule has 1 amide bonds. The van der Waals surface area contributed by atoms with E-state index in [0.717, 1.165) is 31.7 Å². The van der Waals surface area contributed by atoms with Crippen LogP contribution in [0, 0.1) is 0 Å². The number of hydrogen-bond donors (Lipinski definition) is 3. The summed E-state index contributed by atoms with van der Waals surface area (Å²) < 4.78 is 5.72. The first-order valence-corrected chi connectivity index (χ1v) is 8.49. The predicted molar refractivity (Wildman–Crippen MR) is 98.2 cm³/mol. The van der Waals surface area contributed by atoms with E-state index in [1.807, 2.05) is 18.2 Å². The number of benzene rings is 1. The molecule has 0 bridgehead atoms. The molecule has 1 aliphatic rings. The predicted octanol–water partition coefficient (Wildman–Crippen LogP) is 2.52. The summed E-state index contributed by atoms with van der Waals surface area (Å²) in [6, 6.07) is 8.60. The van der Waals surface area contributed by atoms with Crippen LogP contribution >= 0.6 is 23.2 Å². The molecule has 2 heterocycles. The van der Waals surface area contributed by atoms with Crippen LogP contribution < -0.4 is 16.6 Å². The van der Waals surface area contributed by atoms with Crippen LogP contribution in [0.5, 0.6) is 0 Å². The van der Waals surface area contributed by atoms with Gasteiger partial charge in [0.2, 0.25) is 0 Å². The molecule has 1 aliphatic heterocycles. The lowest BCUT2D eigenvalue weighted by Gasteiger charge is -2.15. The molecule has 1 aromatic heterocycles. The standard InChI is InChI=1S/C11H13Cl2NO.C6H6N2O2/c12-9-2-1-8(7-10(9)13)11-3-4-14-5-6-15-11;7-5(9)4-2-1-3-8-6(4)10/h1-2,7,11,14H,3-6H2;1-3H,(H2,7,9)(H,8,10). The number of aromatic nitrogens is 1. The largest absolute Gasteiger partial charge is 0.372 e. The number of rotatable bonds is 2. The molecule has 4 N–H and O–H groups in total. The van der Waals surface area contributed by atoms with E-state index < -0.39 is 11.5 Å². The Labute approximate surface area is 155 Å². The van der Waals surface area contributed by atoms with Crippen molar-refractivity contribution in [2.75, 3.05) is 19.7 Å². The summed E-state index contributed by atoms with van der Waals surface area (Å²) in [5.41, 5.74) is 5.50. The van der Waals surface area contributed by atoms with Crippen molar-refractivity contribution in [2.24, 2.45) is 5.73 Å². The quantitative estimate of drug-likeness (QED) is 0.741. The molecular formula is C17H19Cl2N3O3. The third-order valence-corrected chi connectivity index (χ3v) is 4.32. The molecule has 25 heavy (non-hydrogen) atoms. The van der Waals surface area contributed by atoms with Gasteiger partial charge < -0.3 is 20.8 Å². The fourth-order valence-electron chi connectivity index (χ4n) is 2.31. The summed E-state index contributed by atoms with van der Waals surface area (Å²) >= 11 is 11.8. The molecule has 1 aromatic carbocycles. The number of hydrogen-bond acceptors (Lipinski definition) is 4. The molecule has 8 heteroatoms. The van der Waals surface area contributed by atoms with Gasteiger partial charge in [-0.25, -0.2) is 0 Å². The molecule has 134 valence electrons. The van der Waals surface area contributed by atoms with Gasteiger partial charge in [-0.1, -0.05) is 29.3 Å². The molecule has 0 aliphatic carbocycles. The molecule has 1 atom stereocenters. The van der Waals surface area contributed by atoms with E-state index in [4.69, 9.17) is 33.7 Å². The minimum Gasteiger partial charge on any atom is -0.372 e. The molecule has 3 rings (SSSR count). The summed E-state index contributed by atoms with van der Waals surface area (Å²) in [7, 11) is 0. The molecule has 0 spiro atoms. The Morgan fingerprint density at radius 2 is 2.00 bits per heavy atom. The second-order valence-corrected chi connectivity index (χ2v) is 6.16. The highest BCUT2D eigenvalue weighted by Crippen LogP contribution is 2.29. The van der Waals surface area contributed by atoms with Crippen LogP contribution in [0.3, 0.4) is 0 Å². The van der Waals surface area contributed by atoms with Gasteiger partial charge >= 0.3 is 0 Å². The highest BCUT2D eigenvalue weighted by atomic mass is 35.5. The maximum atomic E-state index is 10.7. The smallest absolute Gasteiger partial charge is 0.260 e. The third kappa shape index (κ3) is 5.86. The van der Waals surface area contributed by atoms with Crippen LogP contribution in [0.1, 0.15) is 28.4 Å². The van der Waals surface area contributed by atoms with Crippen LogP contribution in [0.15, 0.2) is 41.3 Å². The van der Waals surface area contributed by atoms with Crippen LogP contribution in [0.4, 0.5) is 0 Å². The lowest BCUT2D eigenvalue weighted by molar-refractivity contribution is 0.0644. The van der Waals surface area contributed by atoms with Crippen LogP contribution in [0.2, 0.25) is 10.0 Å². The zero-order valence-electron chi connectivity index (χ0n) is 13.4. The molecule has 1 unspecified atom stereocenters. The summed E-state index contributed by atoms with van der Waals surface area (Å²) in [6.45, 7) is 2.63. The van der Waals surface area contributed by atoms with Gasteiger partial charge in [0.1, 0.15) is 5.56 Å². The number of amides is 1. The van der Waals surface area contributed by atoms with Crippen LogP contribution in [0.25, 0.3) is 0 Å². The van der Waals surface area contributed by atoms with Crippen molar-refractivity contribution in [1.29, 1.82) is 0 Å². The van der Waals surface area contributed by atoms with Crippen LogP contribution in [-0.4, -0.2) is 30.6 Å². The van der Waals surface area contributed by atoms with Crippen molar-refractivity contribution in [1.82, 2.24) is 10.3 Å². The highest BCUT2D eigenvalue weighted by Gasteiger charge is 2.15. The Balaban J connectivity index is 0.000000196. The zero-order valence-corrected chi connectivity index (χ0v) is 14.9. The van der Waals surface area contributed by atoms with Gasteiger partial charge in [-0.2, -0.15) is 0 Å². The van der Waals surface area contributed by atoms with Gasteiger partial charge in [0, 0.05) is 12.7 Å². The molecular weight excluding hydrogens is 365 g/mol. The zero-order chi connectivity index (χ0) is 18.2. The minimum absolute atomic E-state index is 0.0116. The average Bonchev–Trinajstić information content (AvgIpc) is 2.87. The lowest BCUT2D eigenvalue weighted by Crippen LogP contribution is -2.22. The minimum atomic E-state index is -0.707. The highest BCUT2D eigenvalue weighted by molar-refractivity contribution is 6.42. The Bertz CT molecular complexity index is 772. The monoisotopic (exact) mass is 383 g/mol. The molecule has 0 radical (unpaired) electrons. The Morgan fingerprint density at radius 3 is 2.64 bits per heavy atom. The van der Waals surface area contributed by atoms with Gasteiger partial charge in [0.05, 0.1) is 22.8 Å². The Kier molecular flexibility index (Phi) is 7.46. The van der Waals surface area contributed by atoms with Crippen molar-refractivity contribution in [3.63, 3.8) is 0 Å². The Morgan fingerprint density at radius 1 is 1.20 bits per heavy atom. The number of halogens is 2. The molecule has 2 aromatic rings. The first kappa shape index (κ1) is 19.5. The topological polar surface area (TPSA) is 97.2 Å². The van der Waals surface area contributed by atoms with Crippen molar-refractivity contribution < 1.29 is 9.53 Å². The molecule has 1 fully saturated rings. The van der Waals surface area contributed by atoms with E-state index in [9.17, 15) is 9.59 Å². The van der Waals surface area contributed by atoms with Crippen molar-refractivity contribution in [2.45, 2.75) is 12.5 Å².